The number of esters is 1. The number of fused-ring (bicyclic) bond motifs is 1. The van der Waals surface area contributed by atoms with Crippen LogP contribution in [0.25, 0.3) is 11.3 Å². The Kier molecular flexibility index (Phi) is 7.87. The van der Waals surface area contributed by atoms with Crippen molar-refractivity contribution in [3.63, 3.8) is 0 Å². The summed E-state index contributed by atoms with van der Waals surface area (Å²) in [7, 11) is 5.06. The minimum Gasteiger partial charge on any atom is -0.462 e. The SMILES string of the molecule is CCOC(=O)c1ccc2c(c1)NC(=O)C2=C(Nc1ccc(N(C)C(=O)CN(C)C)c(F)c1)c1ccccc1. The average Bonchev–Trinajstić information content (AvgIpc) is 3.21. The Morgan fingerprint density at radius 3 is 2.37 bits per heavy atom. The van der Waals surface area contributed by atoms with E-state index in [2.05, 4.69) is 10.6 Å². The summed E-state index contributed by atoms with van der Waals surface area (Å²) in [4.78, 5) is 40.7. The first-order valence-electron chi connectivity index (χ1n) is 12.1. The van der Waals surface area contributed by atoms with Crippen molar-refractivity contribution >= 4 is 46.1 Å². The number of halogens is 1. The summed E-state index contributed by atoms with van der Waals surface area (Å²) in [6.07, 6.45) is 0. The normalized spacial score (nSPS) is 13.6. The third-order valence-electron chi connectivity index (χ3n) is 5.99. The second-order valence-corrected chi connectivity index (χ2v) is 9.03. The Morgan fingerprint density at radius 2 is 1.71 bits per heavy atom. The van der Waals surface area contributed by atoms with Gasteiger partial charge in [-0.2, -0.15) is 0 Å². The van der Waals surface area contributed by atoms with Gasteiger partial charge in [0.05, 0.1) is 41.4 Å². The van der Waals surface area contributed by atoms with E-state index < -0.39 is 11.8 Å². The summed E-state index contributed by atoms with van der Waals surface area (Å²) in [6.45, 7) is 2.11. The van der Waals surface area contributed by atoms with Crippen molar-refractivity contribution < 1.29 is 23.5 Å². The zero-order chi connectivity index (χ0) is 27.4. The number of rotatable bonds is 8. The lowest BCUT2D eigenvalue weighted by molar-refractivity contribution is -0.119. The number of carbonyl (C=O) groups excluding carboxylic acids is 3. The second kappa shape index (κ2) is 11.3. The highest BCUT2D eigenvalue weighted by atomic mass is 19.1. The largest absolute Gasteiger partial charge is 0.462 e. The van der Waals surface area contributed by atoms with Crippen LogP contribution in [0.1, 0.15) is 28.4 Å². The van der Waals surface area contributed by atoms with Crippen LogP contribution < -0.4 is 15.5 Å². The van der Waals surface area contributed by atoms with Crippen molar-refractivity contribution in [1.82, 2.24) is 4.90 Å². The standard InChI is InChI=1S/C29H29FN4O4/c1-5-38-29(37)19-11-13-21-23(15-19)32-28(36)26(21)27(18-9-7-6-8-10-18)31-20-12-14-24(22(30)16-20)34(4)25(35)17-33(2)3/h6-16,31H,5,17H2,1-4H3,(H,32,36). The zero-order valence-corrected chi connectivity index (χ0v) is 21.7. The quantitative estimate of drug-likeness (QED) is 0.339. The topological polar surface area (TPSA) is 91.0 Å². The van der Waals surface area contributed by atoms with Gasteiger partial charge in [-0.25, -0.2) is 9.18 Å². The van der Waals surface area contributed by atoms with E-state index in [0.717, 1.165) is 0 Å². The molecule has 4 rings (SSSR count). The van der Waals surface area contributed by atoms with Crippen LogP contribution in [0.5, 0.6) is 0 Å². The maximum absolute atomic E-state index is 15.1. The lowest BCUT2D eigenvalue weighted by Crippen LogP contribution is -2.35. The smallest absolute Gasteiger partial charge is 0.338 e. The first-order valence-corrected chi connectivity index (χ1v) is 12.1. The number of amides is 2. The van der Waals surface area contributed by atoms with Crippen molar-refractivity contribution in [3.8, 4) is 0 Å². The van der Waals surface area contributed by atoms with Crippen molar-refractivity contribution in [1.29, 1.82) is 0 Å². The molecule has 0 aromatic heterocycles. The number of anilines is 3. The van der Waals surface area contributed by atoms with Gasteiger partial charge in [-0.05, 0) is 56.9 Å². The highest BCUT2D eigenvalue weighted by Gasteiger charge is 2.29. The number of hydrogen-bond acceptors (Lipinski definition) is 6. The van der Waals surface area contributed by atoms with Crippen molar-refractivity contribution in [3.05, 3.63) is 89.2 Å². The Hall–Kier alpha value is -4.50. The Balaban J connectivity index is 1.74. The molecule has 1 aliphatic rings. The molecule has 1 aliphatic heterocycles. The van der Waals surface area contributed by atoms with Crippen molar-refractivity contribution in [2.75, 3.05) is 49.8 Å². The van der Waals surface area contributed by atoms with E-state index in [-0.39, 0.29) is 30.7 Å². The second-order valence-electron chi connectivity index (χ2n) is 9.03. The van der Waals surface area contributed by atoms with Crippen LogP contribution in [-0.2, 0) is 14.3 Å². The van der Waals surface area contributed by atoms with E-state index in [1.165, 1.54) is 24.1 Å². The third kappa shape index (κ3) is 5.57. The van der Waals surface area contributed by atoms with Crippen LogP contribution in [0.4, 0.5) is 21.5 Å². The van der Waals surface area contributed by atoms with Gasteiger partial charge in [0.25, 0.3) is 5.91 Å². The van der Waals surface area contributed by atoms with E-state index in [0.29, 0.717) is 39.3 Å². The molecule has 3 aromatic carbocycles. The predicted molar refractivity (Wildman–Crippen MR) is 146 cm³/mol. The number of ether oxygens (including phenoxy) is 1. The average molecular weight is 517 g/mol. The molecule has 0 saturated heterocycles. The molecular formula is C29H29FN4O4. The van der Waals surface area contributed by atoms with Crippen molar-refractivity contribution in [2.24, 2.45) is 0 Å². The Labute approximate surface area is 220 Å². The van der Waals surface area contributed by atoms with Crippen LogP contribution in [0, 0.1) is 5.82 Å². The molecule has 0 unspecified atom stereocenters. The molecule has 0 bridgehead atoms. The van der Waals surface area contributed by atoms with Crippen LogP contribution in [0.2, 0.25) is 0 Å². The summed E-state index contributed by atoms with van der Waals surface area (Å²) >= 11 is 0. The monoisotopic (exact) mass is 516 g/mol. The number of carbonyl (C=O) groups is 3. The van der Waals surface area contributed by atoms with Gasteiger partial charge >= 0.3 is 5.97 Å². The number of nitrogens with one attached hydrogen (secondary N) is 2. The number of benzene rings is 3. The van der Waals surface area contributed by atoms with E-state index in [1.807, 2.05) is 30.3 Å². The summed E-state index contributed by atoms with van der Waals surface area (Å²) in [5, 5.41) is 6.03. The molecule has 2 N–H and O–H groups in total. The van der Waals surface area contributed by atoms with Crippen LogP contribution in [-0.4, -0.2) is 57.0 Å². The van der Waals surface area contributed by atoms with E-state index in [1.54, 1.807) is 50.2 Å². The van der Waals surface area contributed by atoms with Crippen LogP contribution >= 0.6 is 0 Å². The molecule has 9 heteroatoms. The maximum atomic E-state index is 15.1. The van der Waals surface area contributed by atoms with Gasteiger partial charge in [0.2, 0.25) is 5.91 Å². The summed E-state index contributed by atoms with van der Waals surface area (Å²) in [5.41, 5.74) is 3.48. The number of nitrogens with zero attached hydrogens (tertiary/aromatic N) is 2. The van der Waals surface area contributed by atoms with Gasteiger partial charge < -0.3 is 25.2 Å². The first-order chi connectivity index (χ1) is 18.2. The molecule has 0 radical (unpaired) electrons. The highest BCUT2D eigenvalue weighted by molar-refractivity contribution is 6.37. The van der Waals surface area contributed by atoms with Gasteiger partial charge in [-0.1, -0.05) is 36.4 Å². The van der Waals surface area contributed by atoms with Gasteiger partial charge in [0.1, 0.15) is 5.82 Å². The summed E-state index contributed by atoms with van der Waals surface area (Å²) in [5.74, 6) is -1.67. The molecule has 3 aromatic rings. The van der Waals surface area contributed by atoms with Gasteiger partial charge in [0, 0.05) is 18.3 Å². The third-order valence-corrected chi connectivity index (χ3v) is 5.99. The fourth-order valence-corrected chi connectivity index (χ4v) is 4.16. The van der Waals surface area contributed by atoms with Crippen LogP contribution in [0.3, 0.4) is 0 Å². The number of hydrogen-bond donors (Lipinski definition) is 2. The van der Waals surface area contributed by atoms with Crippen molar-refractivity contribution in [2.45, 2.75) is 6.92 Å². The molecule has 2 amide bonds. The van der Waals surface area contributed by atoms with E-state index in [9.17, 15) is 14.4 Å². The highest BCUT2D eigenvalue weighted by Crippen LogP contribution is 2.38. The molecule has 196 valence electrons. The molecule has 0 atom stereocenters. The van der Waals surface area contributed by atoms with Gasteiger partial charge in [-0.3, -0.25) is 9.59 Å². The lowest BCUT2D eigenvalue weighted by atomic mass is 9.99. The Bertz CT molecular complexity index is 1420. The predicted octanol–water partition coefficient (Wildman–Crippen LogP) is 4.46. The number of likely N-dealkylation sites (N-methyl/N-ethyl adjacent to an activating group) is 2. The van der Waals surface area contributed by atoms with Gasteiger partial charge in [-0.15, -0.1) is 0 Å². The molecule has 0 aliphatic carbocycles. The molecule has 8 nitrogen and oxygen atoms in total. The van der Waals surface area contributed by atoms with Gasteiger partial charge in [0.15, 0.2) is 0 Å². The maximum Gasteiger partial charge on any atom is 0.338 e. The first kappa shape index (κ1) is 26.6. The van der Waals surface area contributed by atoms with Crippen LogP contribution in [0.15, 0.2) is 66.7 Å². The molecule has 1 heterocycles. The Morgan fingerprint density at radius 1 is 0.974 bits per heavy atom. The van der Waals surface area contributed by atoms with E-state index >= 15 is 4.39 Å². The zero-order valence-electron chi connectivity index (χ0n) is 21.7. The lowest BCUT2D eigenvalue weighted by Gasteiger charge is -2.21. The fourth-order valence-electron chi connectivity index (χ4n) is 4.16. The summed E-state index contributed by atoms with van der Waals surface area (Å²) in [6, 6.07) is 18.5. The van der Waals surface area contributed by atoms with E-state index in [4.69, 9.17) is 4.74 Å². The minimum absolute atomic E-state index is 0.145. The molecule has 38 heavy (non-hydrogen) atoms. The molecular weight excluding hydrogens is 487 g/mol. The minimum atomic E-state index is -0.586. The summed E-state index contributed by atoms with van der Waals surface area (Å²) < 4.78 is 20.2. The molecule has 0 fully saturated rings. The molecule has 0 spiro atoms. The fraction of sp³-hybridized carbons (Fsp3) is 0.207. The molecule has 0 saturated carbocycles.